The van der Waals surface area contributed by atoms with E-state index in [1.54, 1.807) is 0 Å². The number of nitrogens with zero attached hydrogens (tertiary/aromatic N) is 3. The Morgan fingerprint density at radius 1 is 0.714 bits per heavy atom. The first-order chi connectivity index (χ1) is 24.0. The van der Waals surface area contributed by atoms with Crippen molar-refractivity contribution < 1.29 is 14.4 Å². The first-order valence-corrected chi connectivity index (χ1v) is 17.9. The van der Waals surface area contributed by atoms with E-state index < -0.39 is 17.3 Å². The van der Waals surface area contributed by atoms with Crippen molar-refractivity contribution in [3.63, 3.8) is 0 Å². The molecule has 0 aromatic heterocycles. The normalized spacial score (nSPS) is 24.6. The number of hydrogen-bond acceptors (Lipinski definition) is 6. The van der Waals surface area contributed by atoms with E-state index in [1.807, 2.05) is 78.9 Å². The molecule has 3 aliphatic rings. The number of halogens is 2. The minimum absolute atomic E-state index is 0.0261. The standard InChI is InChI=1S/C41H33Br2N3O3/c1-28(29-15-5-2-6-16-29)46-26-33(25-32-21-11-13-23-35(32)42)41(47-39(45-49-41)31-19-9-4-10-20-31)40(27-46)37(34-22-12-14-24-36(34)43)38(44-48-40)30-17-7-3-8-18-30/h2-25,28,37H,26-27H2,1H3/b33-25+/t28-,37+,40+,41-/m1/s1. The molecule has 0 amide bonds. The number of fused-ring (bicyclic) bond motifs is 1. The van der Waals surface area contributed by atoms with Crippen LogP contribution in [0.2, 0.25) is 0 Å². The minimum atomic E-state index is -1.49. The first kappa shape index (κ1) is 31.7. The highest BCUT2D eigenvalue weighted by molar-refractivity contribution is 9.10. The highest BCUT2D eigenvalue weighted by Crippen LogP contribution is 2.57. The fraction of sp³-hybridized carbons (Fsp3) is 0.171. The predicted octanol–water partition coefficient (Wildman–Crippen LogP) is 9.73. The monoisotopic (exact) mass is 773 g/mol. The molecule has 4 atom stereocenters. The van der Waals surface area contributed by atoms with Crippen LogP contribution in [0, 0.1) is 0 Å². The fourth-order valence-corrected chi connectivity index (χ4v) is 8.13. The number of rotatable bonds is 6. The largest absolute Gasteiger partial charge is 0.422 e. The second-order valence-electron chi connectivity index (χ2n) is 12.5. The van der Waals surface area contributed by atoms with Crippen molar-refractivity contribution in [3.8, 4) is 0 Å². The van der Waals surface area contributed by atoms with E-state index in [2.05, 4.69) is 116 Å². The van der Waals surface area contributed by atoms with E-state index in [-0.39, 0.29) is 6.04 Å². The molecular formula is C41H33Br2N3O3. The van der Waals surface area contributed by atoms with Crippen molar-refractivity contribution in [2.75, 3.05) is 13.1 Å². The molecule has 0 N–H and O–H groups in total. The maximum absolute atomic E-state index is 7.15. The molecule has 49 heavy (non-hydrogen) atoms. The molecule has 2 spiro atoms. The van der Waals surface area contributed by atoms with Crippen molar-refractivity contribution in [1.82, 2.24) is 4.90 Å². The van der Waals surface area contributed by atoms with E-state index in [1.165, 1.54) is 5.56 Å². The summed E-state index contributed by atoms with van der Waals surface area (Å²) in [5, 5.41) is 9.62. The van der Waals surface area contributed by atoms with Crippen molar-refractivity contribution in [3.05, 3.63) is 182 Å². The Morgan fingerprint density at radius 2 is 1.33 bits per heavy atom. The quantitative estimate of drug-likeness (QED) is 0.173. The second kappa shape index (κ2) is 13.1. The SMILES string of the molecule is C[C@H](c1ccccc1)N1C/C(=C\c2ccccc2Br)[C@@]2(ON=C(c3ccccc3)O2)[C@@]2(C1)ON=C(c1ccccc1)[C@@H]2c1ccccc1Br. The molecule has 0 bridgehead atoms. The van der Waals surface area contributed by atoms with Gasteiger partial charge in [-0.3, -0.25) is 4.90 Å². The van der Waals surface area contributed by atoms with Gasteiger partial charge < -0.3 is 14.4 Å². The molecule has 3 heterocycles. The van der Waals surface area contributed by atoms with Crippen LogP contribution in [-0.2, 0) is 14.4 Å². The molecule has 0 aliphatic carbocycles. The third-order valence-corrected chi connectivity index (χ3v) is 11.2. The lowest BCUT2D eigenvalue weighted by Gasteiger charge is -2.52. The maximum Gasteiger partial charge on any atom is 0.346 e. The summed E-state index contributed by atoms with van der Waals surface area (Å²) in [5.74, 6) is -1.52. The molecule has 0 unspecified atom stereocenters. The summed E-state index contributed by atoms with van der Waals surface area (Å²) in [5.41, 5.74) is 5.40. The zero-order valence-corrected chi connectivity index (χ0v) is 29.9. The van der Waals surface area contributed by atoms with Crippen molar-refractivity contribution >= 4 is 49.5 Å². The molecule has 244 valence electrons. The maximum atomic E-state index is 7.15. The number of oxime groups is 2. The van der Waals surface area contributed by atoms with Gasteiger partial charge in [-0.2, -0.15) is 0 Å². The lowest BCUT2D eigenvalue weighted by Crippen LogP contribution is -2.70. The minimum Gasteiger partial charge on any atom is -0.422 e. The van der Waals surface area contributed by atoms with Gasteiger partial charge in [-0.15, -0.1) is 0 Å². The Bertz CT molecular complexity index is 2070. The lowest BCUT2D eigenvalue weighted by molar-refractivity contribution is -0.279. The third-order valence-electron chi connectivity index (χ3n) is 9.71. The number of benzene rings is 5. The van der Waals surface area contributed by atoms with E-state index >= 15 is 0 Å². The van der Waals surface area contributed by atoms with E-state index in [0.717, 1.165) is 42.5 Å². The molecule has 0 radical (unpaired) electrons. The molecule has 1 fully saturated rings. The van der Waals surface area contributed by atoms with Gasteiger partial charge in [0.25, 0.3) is 5.90 Å². The Morgan fingerprint density at radius 3 is 2.02 bits per heavy atom. The molecule has 5 aromatic carbocycles. The summed E-state index contributed by atoms with van der Waals surface area (Å²) in [4.78, 5) is 16.2. The van der Waals surface area contributed by atoms with Gasteiger partial charge in [0.15, 0.2) is 0 Å². The van der Waals surface area contributed by atoms with E-state index in [9.17, 15) is 0 Å². The van der Waals surface area contributed by atoms with Crippen LogP contribution < -0.4 is 0 Å². The van der Waals surface area contributed by atoms with Crippen LogP contribution in [0.4, 0.5) is 0 Å². The molecule has 6 nitrogen and oxygen atoms in total. The average molecular weight is 776 g/mol. The Hall–Kier alpha value is -4.50. The summed E-state index contributed by atoms with van der Waals surface area (Å²) < 4.78 is 9.05. The molecule has 8 heteroatoms. The third kappa shape index (κ3) is 5.52. The number of ether oxygens (including phenoxy) is 1. The summed E-state index contributed by atoms with van der Waals surface area (Å²) in [6.45, 7) is 3.20. The Labute approximate surface area is 303 Å². The topological polar surface area (TPSA) is 55.7 Å². The summed E-state index contributed by atoms with van der Waals surface area (Å²) in [6.07, 6.45) is 2.15. The smallest absolute Gasteiger partial charge is 0.346 e. The van der Waals surface area contributed by atoms with Gasteiger partial charge in [0.2, 0.25) is 5.60 Å². The lowest BCUT2D eigenvalue weighted by atomic mass is 9.68. The summed E-state index contributed by atoms with van der Waals surface area (Å²) in [7, 11) is 0. The molecule has 8 rings (SSSR count). The van der Waals surface area contributed by atoms with Crippen LogP contribution in [-0.4, -0.2) is 41.0 Å². The molecule has 1 saturated heterocycles. The van der Waals surface area contributed by atoms with Gasteiger partial charge >= 0.3 is 5.79 Å². The van der Waals surface area contributed by atoms with Gasteiger partial charge in [-0.05, 0) is 59.1 Å². The fourth-order valence-electron chi connectivity index (χ4n) is 7.22. The highest BCUT2D eigenvalue weighted by atomic mass is 79.9. The van der Waals surface area contributed by atoms with Crippen LogP contribution in [0.3, 0.4) is 0 Å². The van der Waals surface area contributed by atoms with Gasteiger partial charge in [0.05, 0.1) is 18.2 Å². The second-order valence-corrected chi connectivity index (χ2v) is 14.2. The van der Waals surface area contributed by atoms with Crippen LogP contribution in [0.5, 0.6) is 0 Å². The summed E-state index contributed by atoms with van der Waals surface area (Å²) >= 11 is 7.70. The number of likely N-dealkylation sites (tertiary alicyclic amines) is 1. The van der Waals surface area contributed by atoms with Gasteiger partial charge in [0, 0.05) is 38.2 Å². The van der Waals surface area contributed by atoms with Crippen molar-refractivity contribution in [2.24, 2.45) is 10.3 Å². The Balaban J connectivity index is 1.38. The van der Waals surface area contributed by atoms with E-state index in [0.29, 0.717) is 19.0 Å². The van der Waals surface area contributed by atoms with Crippen LogP contribution in [0.15, 0.2) is 164 Å². The highest BCUT2D eigenvalue weighted by Gasteiger charge is 2.74. The number of hydrogen-bond donors (Lipinski definition) is 0. The van der Waals surface area contributed by atoms with Crippen LogP contribution in [0.25, 0.3) is 6.08 Å². The zero-order valence-electron chi connectivity index (χ0n) is 26.7. The van der Waals surface area contributed by atoms with Gasteiger partial charge in [0.1, 0.15) is 0 Å². The van der Waals surface area contributed by atoms with Crippen LogP contribution >= 0.6 is 31.9 Å². The number of piperidine rings is 1. The average Bonchev–Trinajstić information content (AvgIpc) is 3.76. The molecule has 0 saturated carbocycles. The molecule has 3 aliphatic heterocycles. The Kier molecular flexibility index (Phi) is 8.48. The summed E-state index contributed by atoms with van der Waals surface area (Å²) in [6, 6.07) is 47.1. The first-order valence-electron chi connectivity index (χ1n) is 16.3. The van der Waals surface area contributed by atoms with E-state index in [4.69, 9.17) is 19.6 Å². The van der Waals surface area contributed by atoms with Crippen molar-refractivity contribution in [1.29, 1.82) is 0 Å². The zero-order chi connectivity index (χ0) is 33.4. The van der Waals surface area contributed by atoms with Gasteiger partial charge in [-0.1, -0.05) is 152 Å². The van der Waals surface area contributed by atoms with Crippen molar-refractivity contribution in [2.45, 2.75) is 30.3 Å². The predicted molar refractivity (Wildman–Crippen MR) is 200 cm³/mol. The van der Waals surface area contributed by atoms with Gasteiger partial charge in [-0.25, -0.2) is 0 Å². The molecule has 5 aromatic rings. The van der Waals surface area contributed by atoms with Crippen LogP contribution in [0.1, 0.15) is 46.7 Å². The molecular weight excluding hydrogens is 742 g/mol.